The minimum Gasteiger partial charge on any atom is -0.494 e. The number of hydrogen-bond acceptors (Lipinski definition) is 5. The topological polar surface area (TPSA) is 85.4 Å². The van der Waals surface area contributed by atoms with E-state index in [1.165, 1.54) is 12.8 Å². The first-order valence-electron chi connectivity index (χ1n) is 13.0. The van der Waals surface area contributed by atoms with Crippen molar-refractivity contribution in [3.63, 3.8) is 0 Å². The lowest BCUT2D eigenvalue weighted by Gasteiger charge is -2.56. The number of aliphatic hydroxyl groups is 1. The van der Waals surface area contributed by atoms with Crippen molar-refractivity contribution in [3.05, 3.63) is 42.1 Å². The van der Waals surface area contributed by atoms with Crippen LogP contribution in [0, 0.1) is 23.7 Å². The Bertz CT molecular complexity index is 1570. The molecule has 8 heteroatoms. The molecule has 8 rings (SSSR count). The molecule has 184 valence electrons. The van der Waals surface area contributed by atoms with Crippen LogP contribution in [0.4, 0.5) is 0 Å². The van der Waals surface area contributed by atoms with E-state index in [9.17, 15) is 9.90 Å². The van der Waals surface area contributed by atoms with Crippen molar-refractivity contribution in [2.24, 2.45) is 30.7 Å². The second-order valence-electron chi connectivity index (χ2n) is 11.2. The van der Waals surface area contributed by atoms with Gasteiger partial charge in [0.1, 0.15) is 16.9 Å². The molecule has 8 nitrogen and oxygen atoms in total. The number of rotatable bonds is 5. The van der Waals surface area contributed by atoms with E-state index in [2.05, 4.69) is 26.3 Å². The Kier molecular flexibility index (Phi) is 4.09. The zero-order valence-corrected chi connectivity index (χ0v) is 20.5. The molecule has 3 aromatic heterocycles. The summed E-state index contributed by atoms with van der Waals surface area (Å²) in [5, 5.41) is 11.6. The summed E-state index contributed by atoms with van der Waals surface area (Å²) in [6, 6.07) is 9.91. The van der Waals surface area contributed by atoms with E-state index in [0.717, 1.165) is 53.1 Å². The minimum atomic E-state index is -0.383. The van der Waals surface area contributed by atoms with Gasteiger partial charge >= 0.3 is 0 Å². The van der Waals surface area contributed by atoms with Gasteiger partial charge < -0.3 is 23.9 Å². The number of imidazole rings is 1. The maximum atomic E-state index is 13.6. The van der Waals surface area contributed by atoms with Crippen LogP contribution >= 0.6 is 0 Å². The number of benzene rings is 1. The summed E-state index contributed by atoms with van der Waals surface area (Å²) in [6.45, 7) is 1.67. The lowest BCUT2D eigenvalue weighted by atomic mass is 9.51. The monoisotopic (exact) mass is 483 g/mol. The van der Waals surface area contributed by atoms with Crippen LogP contribution in [0.5, 0.6) is 5.75 Å². The highest BCUT2D eigenvalue weighted by Gasteiger charge is 2.67. The Balaban J connectivity index is 1.24. The van der Waals surface area contributed by atoms with Crippen LogP contribution in [0.1, 0.15) is 29.6 Å². The van der Waals surface area contributed by atoms with Crippen molar-refractivity contribution >= 4 is 28.0 Å². The Labute approximate surface area is 208 Å². The molecule has 4 aromatic rings. The van der Waals surface area contributed by atoms with Crippen molar-refractivity contribution in [2.45, 2.75) is 38.0 Å². The van der Waals surface area contributed by atoms with Gasteiger partial charge in [-0.3, -0.25) is 4.79 Å². The van der Waals surface area contributed by atoms with Crippen LogP contribution in [0.2, 0.25) is 0 Å². The number of hydrogen-bond donors (Lipinski definition) is 1. The highest BCUT2D eigenvalue weighted by Crippen LogP contribution is 2.60. The molecule has 3 aliphatic carbocycles. The zero-order chi connectivity index (χ0) is 24.3. The molecule has 4 fully saturated rings. The van der Waals surface area contributed by atoms with Crippen LogP contribution in [0.3, 0.4) is 0 Å². The quantitative estimate of drug-likeness (QED) is 0.470. The molecule has 1 amide bonds. The third kappa shape index (κ3) is 2.65. The minimum absolute atomic E-state index is 0.0344. The SMILES string of the molecule is COc1cc(C(=O)N2C[C@H]3CC4[C@H]3[C@H]2[C@H]4O)cc2nc(-c3cc4cccnc4n3CC3CC3)n(C)c12. The molecular formula is C28H29N5O3. The van der Waals surface area contributed by atoms with E-state index >= 15 is 0 Å². The molecule has 1 saturated heterocycles. The predicted octanol–water partition coefficient (Wildman–Crippen LogP) is 3.46. The highest BCUT2D eigenvalue weighted by atomic mass is 16.5. The van der Waals surface area contributed by atoms with Gasteiger partial charge in [-0.25, -0.2) is 9.97 Å². The molecule has 36 heavy (non-hydrogen) atoms. The standard InChI is InChI=1S/C28H29N5O3/c1-31-23-19(30-27(31)20-10-15-4-3-7-29-26(15)32(20)12-14-5-6-14)9-16(11-21(23)36-2)28(35)33-13-17-8-18-22(17)24(33)25(18)34/h3-4,7,9-11,14,17-18,22,24-25,34H,5-6,8,12-13H2,1-2H3/t17-,18?,22+,24+,25+/m1/s1. The van der Waals surface area contributed by atoms with E-state index in [1.807, 2.05) is 36.3 Å². The van der Waals surface area contributed by atoms with Crippen LogP contribution in [-0.4, -0.2) is 60.8 Å². The average molecular weight is 484 g/mol. The summed E-state index contributed by atoms with van der Waals surface area (Å²) >= 11 is 0. The van der Waals surface area contributed by atoms with Gasteiger partial charge in [0.05, 0.1) is 30.5 Å². The van der Waals surface area contributed by atoms with Crippen LogP contribution in [-0.2, 0) is 13.6 Å². The summed E-state index contributed by atoms with van der Waals surface area (Å²) in [5.41, 5.74) is 4.19. The molecule has 1 aromatic carbocycles. The first-order valence-corrected chi connectivity index (χ1v) is 13.0. The zero-order valence-electron chi connectivity index (χ0n) is 20.5. The Morgan fingerprint density at radius 1 is 1.25 bits per heavy atom. The van der Waals surface area contributed by atoms with Gasteiger partial charge in [-0.1, -0.05) is 0 Å². The highest BCUT2D eigenvalue weighted by molar-refractivity contribution is 6.00. The number of carbonyl (C=O) groups is 1. The van der Waals surface area contributed by atoms with Crippen LogP contribution in [0.25, 0.3) is 33.6 Å². The first-order chi connectivity index (χ1) is 17.5. The number of amides is 1. The number of aryl methyl sites for hydroxylation is 1. The maximum Gasteiger partial charge on any atom is 0.254 e. The fraction of sp³-hybridized carbons (Fsp3) is 0.464. The normalized spacial score (nSPS) is 28.3. The van der Waals surface area contributed by atoms with Gasteiger partial charge in [0.15, 0.2) is 5.82 Å². The van der Waals surface area contributed by atoms with Gasteiger partial charge in [-0.15, -0.1) is 0 Å². The number of carbonyl (C=O) groups excluding carboxylic acids is 1. The van der Waals surface area contributed by atoms with Crippen molar-refractivity contribution in [1.82, 2.24) is 24.0 Å². The molecule has 0 bridgehead atoms. The van der Waals surface area contributed by atoms with Crippen molar-refractivity contribution in [2.75, 3.05) is 13.7 Å². The Morgan fingerprint density at radius 3 is 2.92 bits per heavy atom. The predicted molar refractivity (Wildman–Crippen MR) is 135 cm³/mol. The number of methoxy groups -OCH3 is 1. The fourth-order valence-corrected chi connectivity index (χ4v) is 7.23. The van der Waals surface area contributed by atoms with Crippen molar-refractivity contribution in [3.8, 4) is 17.3 Å². The largest absolute Gasteiger partial charge is 0.494 e. The number of pyridine rings is 1. The molecule has 1 unspecified atom stereocenters. The van der Waals surface area contributed by atoms with Gasteiger partial charge in [0.25, 0.3) is 5.91 Å². The Hall–Kier alpha value is -3.39. The second kappa shape index (κ2) is 7.09. The molecule has 0 spiro atoms. The first kappa shape index (κ1) is 20.8. The molecule has 1 N–H and O–H groups in total. The molecular weight excluding hydrogens is 454 g/mol. The van der Waals surface area contributed by atoms with E-state index in [-0.39, 0.29) is 18.1 Å². The van der Waals surface area contributed by atoms with E-state index < -0.39 is 0 Å². The van der Waals surface area contributed by atoms with E-state index in [4.69, 9.17) is 9.72 Å². The molecule has 3 saturated carbocycles. The number of aliphatic hydroxyl groups excluding tert-OH is 1. The second-order valence-corrected chi connectivity index (χ2v) is 11.2. The number of fused-ring (bicyclic) bond motifs is 2. The van der Waals surface area contributed by atoms with Crippen molar-refractivity contribution in [1.29, 1.82) is 0 Å². The fourth-order valence-electron chi connectivity index (χ4n) is 7.23. The van der Waals surface area contributed by atoms with Gasteiger partial charge in [-0.05, 0) is 73.3 Å². The smallest absolute Gasteiger partial charge is 0.254 e. The summed E-state index contributed by atoms with van der Waals surface area (Å²) in [4.78, 5) is 25.2. The van der Waals surface area contributed by atoms with Crippen LogP contribution in [0.15, 0.2) is 36.5 Å². The van der Waals surface area contributed by atoms with Gasteiger partial charge in [0.2, 0.25) is 0 Å². The number of ether oxygens (including phenoxy) is 1. The van der Waals surface area contributed by atoms with Crippen molar-refractivity contribution < 1.29 is 14.6 Å². The summed E-state index contributed by atoms with van der Waals surface area (Å²) in [6.07, 6.45) is 5.01. The number of likely N-dealkylation sites (tertiary alicyclic amines) is 1. The number of nitrogens with zero attached hydrogens (tertiary/aromatic N) is 5. The molecule has 0 radical (unpaired) electrons. The van der Waals surface area contributed by atoms with Crippen LogP contribution < -0.4 is 4.74 Å². The third-order valence-corrected chi connectivity index (χ3v) is 9.27. The van der Waals surface area contributed by atoms with Gasteiger partial charge in [0, 0.05) is 37.3 Å². The van der Waals surface area contributed by atoms with E-state index in [0.29, 0.717) is 35.0 Å². The summed E-state index contributed by atoms with van der Waals surface area (Å²) < 4.78 is 10.1. The lowest BCUT2D eigenvalue weighted by molar-refractivity contribution is -0.144. The Morgan fingerprint density at radius 2 is 2.11 bits per heavy atom. The molecule has 5 atom stereocenters. The third-order valence-electron chi connectivity index (χ3n) is 9.27. The number of aromatic nitrogens is 4. The molecule has 1 aliphatic heterocycles. The molecule has 4 aliphatic rings. The lowest BCUT2D eigenvalue weighted by Crippen LogP contribution is -2.64. The van der Waals surface area contributed by atoms with Gasteiger partial charge in [-0.2, -0.15) is 0 Å². The molecule has 4 heterocycles. The average Bonchev–Trinajstić information content (AvgIpc) is 3.51. The maximum absolute atomic E-state index is 13.6. The summed E-state index contributed by atoms with van der Waals surface area (Å²) in [7, 11) is 3.64. The summed E-state index contributed by atoms with van der Waals surface area (Å²) in [5.74, 6) is 3.54. The van der Waals surface area contributed by atoms with E-state index in [1.54, 1.807) is 7.11 Å².